The van der Waals surface area contributed by atoms with Crippen molar-refractivity contribution in [2.45, 2.75) is 13.8 Å². The van der Waals surface area contributed by atoms with E-state index in [0.29, 0.717) is 67.1 Å². The molecule has 7 aromatic heterocycles. The molecule has 0 atom stereocenters. The van der Waals surface area contributed by atoms with Gasteiger partial charge in [-0.1, -0.05) is 65.7 Å². The lowest BCUT2D eigenvalue weighted by molar-refractivity contribution is 0.0517. The number of nitrogens with zero attached hydrogens (tertiary/aromatic N) is 6. The molecule has 0 aliphatic carbocycles. The van der Waals surface area contributed by atoms with Gasteiger partial charge in [0.1, 0.15) is 11.6 Å². The van der Waals surface area contributed by atoms with Gasteiger partial charge in [-0.15, -0.1) is 0 Å². The summed E-state index contributed by atoms with van der Waals surface area (Å²) in [4.78, 5) is 40.7. The molecule has 0 saturated heterocycles. The third-order valence-corrected chi connectivity index (χ3v) is 14.5. The number of aromatic amines is 4. The van der Waals surface area contributed by atoms with Crippen LogP contribution in [0.1, 0.15) is 34.6 Å². The minimum atomic E-state index is -0.351. The van der Waals surface area contributed by atoms with Crippen molar-refractivity contribution < 1.29 is 28.2 Å². The van der Waals surface area contributed by atoms with Crippen LogP contribution in [-0.2, 0) is 9.47 Å². The van der Waals surface area contributed by atoms with Gasteiger partial charge in [0, 0.05) is 66.3 Å². The van der Waals surface area contributed by atoms with Gasteiger partial charge in [-0.2, -0.15) is 15.3 Å². The highest BCUT2D eigenvalue weighted by Crippen LogP contribution is 2.35. The van der Waals surface area contributed by atoms with Crippen LogP contribution in [0, 0.1) is 5.82 Å². The molecule has 0 fully saturated rings. The number of hydrogen-bond donors (Lipinski definition) is 4. The fourth-order valence-electron chi connectivity index (χ4n) is 9.11. The molecular formula is C63H46BrCl2FN10O5. The summed E-state index contributed by atoms with van der Waals surface area (Å²) >= 11 is 15.5. The first-order valence-electron chi connectivity index (χ1n) is 25.7. The number of H-pyrrole nitrogens is 4. The Balaban J connectivity index is 0.000000129. The molecule has 0 aliphatic heterocycles. The van der Waals surface area contributed by atoms with Crippen LogP contribution < -0.4 is 4.74 Å². The lowest BCUT2D eigenvalue weighted by atomic mass is 10.1. The summed E-state index contributed by atoms with van der Waals surface area (Å²) in [6, 6.07) is 52.4. The van der Waals surface area contributed by atoms with Gasteiger partial charge in [0.2, 0.25) is 0 Å². The van der Waals surface area contributed by atoms with E-state index < -0.39 is 0 Å². The van der Waals surface area contributed by atoms with Gasteiger partial charge < -0.3 is 19.2 Å². The van der Waals surface area contributed by atoms with Crippen LogP contribution in [0.5, 0.6) is 5.75 Å². The molecule has 406 valence electrons. The summed E-state index contributed by atoms with van der Waals surface area (Å²) in [6.07, 6.45) is 1.94. The maximum absolute atomic E-state index is 13.9. The Morgan fingerprint density at radius 3 is 1.54 bits per heavy atom. The van der Waals surface area contributed by atoms with Crippen molar-refractivity contribution in [3.63, 3.8) is 0 Å². The van der Waals surface area contributed by atoms with Gasteiger partial charge in [0.15, 0.2) is 16.9 Å². The zero-order chi connectivity index (χ0) is 56.9. The van der Waals surface area contributed by atoms with Crippen molar-refractivity contribution in [3.05, 3.63) is 208 Å². The smallest absolute Gasteiger partial charge is 0.338 e. The van der Waals surface area contributed by atoms with E-state index in [1.54, 1.807) is 63.4 Å². The molecule has 0 amide bonds. The molecule has 0 bridgehead atoms. The van der Waals surface area contributed by atoms with E-state index in [9.17, 15) is 14.0 Å². The van der Waals surface area contributed by atoms with E-state index in [0.717, 1.165) is 83.7 Å². The number of fused-ring (bicyclic) bond motifs is 4. The molecule has 0 spiro atoms. The second kappa shape index (κ2) is 24.0. The summed E-state index contributed by atoms with van der Waals surface area (Å²) in [5.41, 5.74) is 14.1. The van der Waals surface area contributed by atoms with Crippen LogP contribution in [-0.4, -0.2) is 82.8 Å². The molecule has 13 rings (SSSR count). The largest absolute Gasteiger partial charge is 0.497 e. The Morgan fingerprint density at radius 1 is 0.524 bits per heavy atom. The van der Waals surface area contributed by atoms with Gasteiger partial charge in [0.25, 0.3) is 0 Å². The SMILES string of the molecule is CCOC(=O)c1ccc(-c2ccc3c(-c4ccc(Br)c(F)c4)[nH]nc3n2)cc1.CCOC(=O)c1ccc(-c2ccc3c(-c4ccc(Cl)cc4Cl)[nH]nc3n2)cc1.COc1ccc(-c2[nH]nc3nc(-c4ccc5cc[nH]c5c4)ccc23)cc1. The molecule has 82 heavy (non-hydrogen) atoms. The lowest BCUT2D eigenvalue weighted by Gasteiger charge is -2.05. The second-order valence-corrected chi connectivity index (χ2v) is 20.1. The predicted octanol–water partition coefficient (Wildman–Crippen LogP) is 15.9. The third kappa shape index (κ3) is 11.6. The van der Waals surface area contributed by atoms with Crippen LogP contribution >= 0.6 is 39.1 Å². The van der Waals surface area contributed by atoms with Crippen molar-refractivity contribution >= 4 is 95.1 Å². The fraction of sp³-hybridized carbons (Fsp3) is 0.0794. The predicted molar refractivity (Wildman–Crippen MR) is 322 cm³/mol. The van der Waals surface area contributed by atoms with Crippen molar-refractivity contribution in [2.75, 3.05) is 20.3 Å². The standard InChI is InChI=1S/C21H15BrFN3O2.C21H15Cl2N3O2.C21H16N4O/c1-2-28-21(27)13-5-3-12(4-6-13)18-10-8-15-19(25-26-20(15)24-18)14-7-9-16(22)17(23)11-14;1-2-28-21(27)13-5-3-12(4-6-13)18-10-9-16-19(25-26-20(16)24-18)15-8-7-14(22)11-17(15)23;1-26-16-6-4-14(5-7-16)20-17-8-9-18(23-21(17)25-24-20)15-3-2-13-10-11-22-19(13)12-15/h2*3-11H,2H2,1H3,(H,24,25,26);2-12,22H,1H3,(H,23,24,25). The molecule has 0 radical (unpaired) electrons. The van der Waals surface area contributed by atoms with E-state index in [-0.39, 0.29) is 17.8 Å². The summed E-state index contributed by atoms with van der Waals surface area (Å²) in [5, 5.41) is 27.0. The van der Waals surface area contributed by atoms with Crippen LogP contribution in [0.15, 0.2) is 181 Å². The number of carbonyl (C=O) groups is 2. The first-order valence-corrected chi connectivity index (χ1v) is 27.2. The summed E-state index contributed by atoms with van der Waals surface area (Å²) in [7, 11) is 1.66. The second-order valence-electron chi connectivity index (χ2n) is 18.4. The molecule has 0 saturated carbocycles. The van der Waals surface area contributed by atoms with Gasteiger partial charge >= 0.3 is 11.9 Å². The molecule has 13 aromatic rings. The molecule has 7 heterocycles. The van der Waals surface area contributed by atoms with E-state index in [1.807, 2.05) is 97.2 Å². The average Bonchev–Trinajstić information content (AvgIpc) is 4.47. The van der Waals surface area contributed by atoms with Gasteiger partial charge in [0.05, 0.1) is 75.1 Å². The lowest BCUT2D eigenvalue weighted by Crippen LogP contribution is -2.04. The molecule has 4 N–H and O–H groups in total. The van der Waals surface area contributed by atoms with E-state index in [1.165, 1.54) is 11.5 Å². The number of halogens is 4. The number of hydrogen-bond acceptors (Lipinski definition) is 11. The van der Waals surface area contributed by atoms with Crippen molar-refractivity contribution in [2.24, 2.45) is 0 Å². The Morgan fingerprint density at radius 2 is 1.01 bits per heavy atom. The van der Waals surface area contributed by atoms with Crippen LogP contribution in [0.3, 0.4) is 0 Å². The van der Waals surface area contributed by atoms with Crippen LogP contribution in [0.4, 0.5) is 4.39 Å². The highest BCUT2D eigenvalue weighted by molar-refractivity contribution is 9.10. The highest BCUT2D eigenvalue weighted by atomic mass is 79.9. The van der Waals surface area contributed by atoms with E-state index in [4.69, 9.17) is 42.4 Å². The molecule has 15 nitrogen and oxygen atoms in total. The summed E-state index contributed by atoms with van der Waals surface area (Å²) in [5.74, 6) is -0.199. The van der Waals surface area contributed by atoms with Gasteiger partial charge in [-0.25, -0.2) is 28.9 Å². The Bertz CT molecular complexity index is 4470. The topological polar surface area (TPSA) is 202 Å². The number of carbonyl (C=O) groups excluding carboxylic acids is 2. The quantitative estimate of drug-likeness (QED) is 0.0898. The van der Waals surface area contributed by atoms with Crippen LogP contribution in [0.25, 0.3) is 112 Å². The number of methoxy groups -OCH3 is 1. The third-order valence-electron chi connectivity index (χ3n) is 13.3. The van der Waals surface area contributed by atoms with Crippen molar-refractivity contribution in [1.82, 2.24) is 50.5 Å². The Kier molecular flexibility index (Phi) is 16.0. The van der Waals surface area contributed by atoms with Gasteiger partial charge in [-0.05, 0) is 163 Å². The zero-order valence-electron chi connectivity index (χ0n) is 43.9. The first kappa shape index (κ1) is 54.4. The molecule has 6 aromatic carbocycles. The van der Waals surface area contributed by atoms with Crippen LogP contribution in [0.2, 0.25) is 10.0 Å². The number of aromatic nitrogens is 10. The Hall–Kier alpha value is -9.55. The maximum atomic E-state index is 13.9. The minimum Gasteiger partial charge on any atom is -0.497 e. The minimum absolute atomic E-state index is 0.336. The highest BCUT2D eigenvalue weighted by Gasteiger charge is 2.17. The summed E-state index contributed by atoms with van der Waals surface area (Å²) in [6.45, 7) is 4.23. The molecule has 0 aliphatic rings. The number of rotatable bonds is 11. The number of ether oxygens (including phenoxy) is 3. The monoisotopic (exact) mass is 1190 g/mol. The maximum Gasteiger partial charge on any atom is 0.338 e. The number of esters is 2. The number of nitrogens with one attached hydrogen (secondary N) is 4. The zero-order valence-corrected chi connectivity index (χ0v) is 47.0. The number of pyridine rings is 3. The van der Waals surface area contributed by atoms with Crippen molar-refractivity contribution in [3.8, 4) is 73.3 Å². The van der Waals surface area contributed by atoms with E-state index in [2.05, 4.69) is 91.8 Å². The first-order chi connectivity index (χ1) is 39.9. The van der Waals surface area contributed by atoms with Gasteiger partial charge in [-0.3, -0.25) is 15.3 Å². The fourth-order valence-corrected chi connectivity index (χ4v) is 9.86. The summed E-state index contributed by atoms with van der Waals surface area (Å²) < 4.78 is 29.5. The van der Waals surface area contributed by atoms with Crippen molar-refractivity contribution in [1.29, 1.82) is 0 Å². The van der Waals surface area contributed by atoms with E-state index >= 15 is 0 Å². The Labute approximate surface area is 486 Å². The molecule has 19 heteroatoms. The normalized spacial score (nSPS) is 11.1. The molecule has 0 unspecified atom stereocenters. The number of benzene rings is 6. The average molecular weight is 1190 g/mol. The molecular weight excluding hydrogens is 1150 g/mol.